The fraction of sp³-hybridized carbons (Fsp3) is 0.235. The number of halogens is 1. The van der Waals surface area contributed by atoms with Crippen molar-refractivity contribution in [3.8, 4) is 0 Å². The Morgan fingerprint density at radius 1 is 1.14 bits per heavy atom. The Morgan fingerprint density at radius 2 is 1.86 bits per heavy atom. The van der Waals surface area contributed by atoms with E-state index in [0.717, 1.165) is 33.1 Å². The van der Waals surface area contributed by atoms with E-state index in [0.29, 0.717) is 0 Å². The topological polar surface area (TPSA) is 38.0 Å². The van der Waals surface area contributed by atoms with Crippen LogP contribution < -0.4 is 0 Å². The third kappa shape index (κ3) is 2.74. The van der Waals surface area contributed by atoms with Gasteiger partial charge in [0.2, 0.25) is 0 Å². The lowest BCUT2D eigenvalue weighted by atomic mass is 9.94. The van der Waals surface area contributed by atoms with Gasteiger partial charge < -0.3 is 5.11 Å². The summed E-state index contributed by atoms with van der Waals surface area (Å²) in [5, 5.41) is 15.6. The van der Waals surface area contributed by atoms with E-state index in [2.05, 4.69) is 39.2 Å². The van der Waals surface area contributed by atoms with E-state index >= 15 is 0 Å². The van der Waals surface area contributed by atoms with Crippen LogP contribution in [0.25, 0.3) is 10.9 Å². The standard InChI is InChI=1S/C17H17BrN2O/c1-20-17-9-5-3-7-14(17)16(19-20)10-12(11-21)13-6-2-4-8-15(13)18/h2-9,12,21H,10-11H2,1H3. The Labute approximate surface area is 132 Å². The summed E-state index contributed by atoms with van der Waals surface area (Å²) in [5.41, 5.74) is 3.27. The molecule has 0 aliphatic carbocycles. The van der Waals surface area contributed by atoms with Crippen LogP contribution in [0.3, 0.4) is 0 Å². The number of benzene rings is 2. The highest BCUT2D eigenvalue weighted by Crippen LogP contribution is 2.29. The van der Waals surface area contributed by atoms with Crippen molar-refractivity contribution in [2.45, 2.75) is 12.3 Å². The molecule has 3 nitrogen and oxygen atoms in total. The lowest BCUT2D eigenvalue weighted by molar-refractivity contribution is 0.263. The number of aryl methyl sites for hydroxylation is 1. The van der Waals surface area contributed by atoms with Gasteiger partial charge in [-0.25, -0.2) is 0 Å². The molecule has 0 saturated heterocycles. The van der Waals surface area contributed by atoms with Crippen LogP contribution in [0.2, 0.25) is 0 Å². The highest BCUT2D eigenvalue weighted by Gasteiger charge is 2.18. The second kappa shape index (κ2) is 6.00. The molecule has 3 rings (SSSR count). The molecule has 0 bridgehead atoms. The van der Waals surface area contributed by atoms with Gasteiger partial charge in [-0.3, -0.25) is 4.68 Å². The summed E-state index contributed by atoms with van der Waals surface area (Å²) in [6.45, 7) is 0.105. The van der Waals surface area contributed by atoms with Gasteiger partial charge in [0, 0.05) is 29.2 Å². The minimum Gasteiger partial charge on any atom is -0.396 e. The van der Waals surface area contributed by atoms with E-state index in [-0.39, 0.29) is 12.5 Å². The Bertz CT molecular complexity index is 766. The zero-order chi connectivity index (χ0) is 14.8. The second-order valence-corrected chi connectivity index (χ2v) is 6.05. The fourth-order valence-corrected chi connectivity index (χ4v) is 3.36. The lowest BCUT2D eigenvalue weighted by Crippen LogP contribution is -2.09. The first kappa shape index (κ1) is 14.3. The largest absolute Gasteiger partial charge is 0.396 e. The van der Waals surface area contributed by atoms with Crippen LogP contribution in [0.1, 0.15) is 17.2 Å². The SMILES string of the molecule is Cn1nc(CC(CO)c2ccccc2Br)c2ccccc21. The van der Waals surface area contributed by atoms with Crippen LogP contribution in [0.4, 0.5) is 0 Å². The number of rotatable bonds is 4. The molecule has 1 atom stereocenters. The van der Waals surface area contributed by atoms with Crippen molar-refractivity contribution in [2.75, 3.05) is 6.61 Å². The van der Waals surface area contributed by atoms with E-state index in [1.54, 1.807) is 0 Å². The summed E-state index contributed by atoms with van der Waals surface area (Å²) in [6, 6.07) is 16.2. The molecular weight excluding hydrogens is 328 g/mol. The summed E-state index contributed by atoms with van der Waals surface area (Å²) >= 11 is 3.57. The Hall–Kier alpha value is -1.65. The number of hydrogen-bond donors (Lipinski definition) is 1. The van der Waals surface area contributed by atoms with Gasteiger partial charge in [0.05, 0.1) is 17.8 Å². The first-order valence-corrected chi connectivity index (χ1v) is 7.76. The molecule has 21 heavy (non-hydrogen) atoms. The highest BCUT2D eigenvalue weighted by atomic mass is 79.9. The molecule has 108 valence electrons. The van der Waals surface area contributed by atoms with Crippen LogP contribution in [0.15, 0.2) is 53.0 Å². The van der Waals surface area contributed by atoms with Gasteiger partial charge in [0.1, 0.15) is 0 Å². The van der Waals surface area contributed by atoms with Crippen molar-refractivity contribution >= 4 is 26.8 Å². The van der Waals surface area contributed by atoms with E-state index in [4.69, 9.17) is 0 Å². The number of para-hydroxylation sites is 1. The van der Waals surface area contributed by atoms with Gasteiger partial charge >= 0.3 is 0 Å². The van der Waals surface area contributed by atoms with E-state index in [1.165, 1.54) is 0 Å². The van der Waals surface area contributed by atoms with Crippen LogP contribution >= 0.6 is 15.9 Å². The summed E-state index contributed by atoms with van der Waals surface area (Å²) in [7, 11) is 1.96. The molecule has 4 heteroatoms. The van der Waals surface area contributed by atoms with Crippen molar-refractivity contribution in [1.82, 2.24) is 9.78 Å². The smallest absolute Gasteiger partial charge is 0.0710 e. The first-order chi connectivity index (χ1) is 10.2. The predicted octanol–water partition coefficient (Wildman–Crippen LogP) is 3.65. The molecule has 0 amide bonds. The second-order valence-electron chi connectivity index (χ2n) is 5.19. The molecule has 1 aromatic heterocycles. The molecule has 1 unspecified atom stereocenters. The van der Waals surface area contributed by atoms with Crippen molar-refractivity contribution in [3.05, 3.63) is 64.3 Å². The molecule has 0 aliphatic heterocycles. The van der Waals surface area contributed by atoms with Crippen LogP contribution in [-0.4, -0.2) is 21.5 Å². The van der Waals surface area contributed by atoms with E-state index < -0.39 is 0 Å². The number of nitrogens with zero attached hydrogens (tertiary/aromatic N) is 2. The summed E-state index contributed by atoms with van der Waals surface area (Å²) < 4.78 is 2.93. The average molecular weight is 345 g/mol. The predicted molar refractivity (Wildman–Crippen MR) is 88.4 cm³/mol. The Morgan fingerprint density at radius 3 is 2.62 bits per heavy atom. The van der Waals surface area contributed by atoms with Gasteiger partial charge in [0.15, 0.2) is 0 Å². The molecule has 1 heterocycles. The molecule has 0 aliphatic rings. The Balaban J connectivity index is 1.99. The van der Waals surface area contributed by atoms with Crippen LogP contribution in [-0.2, 0) is 13.5 Å². The number of aromatic nitrogens is 2. The molecular formula is C17H17BrN2O. The third-order valence-corrected chi connectivity index (χ3v) is 4.56. The van der Waals surface area contributed by atoms with E-state index in [1.807, 2.05) is 42.1 Å². The monoisotopic (exact) mass is 344 g/mol. The van der Waals surface area contributed by atoms with Crippen LogP contribution in [0.5, 0.6) is 0 Å². The minimum atomic E-state index is 0.0406. The van der Waals surface area contributed by atoms with Gasteiger partial charge in [-0.2, -0.15) is 5.10 Å². The zero-order valence-electron chi connectivity index (χ0n) is 11.8. The molecule has 0 radical (unpaired) electrons. The van der Waals surface area contributed by atoms with Gasteiger partial charge in [0.25, 0.3) is 0 Å². The summed E-state index contributed by atoms with van der Waals surface area (Å²) in [6.07, 6.45) is 0.723. The van der Waals surface area contributed by atoms with Crippen molar-refractivity contribution in [3.63, 3.8) is 0 Å². The number of hydrogen-bond acceptors (Lipinski definition) is 2. The normalized spacial score (nSPS) is 12.7. The average Bonchev–Trinajstić information content (AvgIpc) is 2.82. The quantitative estimate of drug-likeness (QED) is 0.784. The van der Waals surface area contributed by atoms with Crippen molar-refractivity contribution in [2.24, 2.45) is 7.05 Å². The molecule has 2 aromatic carbocycles. The highest BCUT2D eigenvalue weighted by molar-refractivity contribution is 9.10. The van der Waals surface area contributed by atoms with Crippen molar-refractivity contribution < 1.29 is 5.11 Å². The van der Waals surface area contributed by atoms with E-state index in [9.17, 15) is 5.11 Å². The van der Waals surface area contributed by atoms with Gasteiger partial charge in [-0.05, 0) is 17.7 Å². The first-order valence-electron chi connectivity index (χ1n) is 6.96. The van der Waals surface area contributed by atoms with Crippen molar-refractivity contribution in [1.29, 1.82) is 0 Å². The fourth-order valence-electron chi connectivity index (χ4n) is 2.75. The van der Waals surface area contributed by atoms with Gasteiger partial charge in [-0.15, -0.1) is 0 Å². The Kier molecular flexibility index (Phi) is 4.08. The lowest BCUT2D eigenvalue weighted by Gasteiger charge is -2.15. The summed E-state index contributed by atoms with van der Waals surface area (Å²) in [5.74, 6) is 0.0406. The molecule has 0 spiro atoms. The zero-order valence-corrected chi connectivity index (χ0v) is 13.4. The van der Waals surface area contributed by atoms with Gasteiger partial charge in [-0.1, -0.05) is 52.3 Å². The maximum absolute atomic E-state index is 9.79. The minimum absolute atomic E-state index is 0.0406. The maximum atomic E-state index is 9.79. The molecule has 0 fully saturated rings. The molecule has 1 N–H and O–H groups in total. The maximum Gasteiger partial charge on any atom is 0.0710 e. The number of aliphatic hydroxyl groups excluding tert-OH is 1. The number of fused-ring (bicyclic) bond motifs is 1. The number of aliphatic hydroxyl groups is 1. The molecule has 0 saturated carbocycles. The van der Waals surface area contributed by atoms with Crippen LogP contribution in [0, 0.1) is 0 Å². The molecule has 3 aromatic rings. The summed E-state index contributed by atoms with van der Waals surface area (Å²) in [4.78, 5) is 0. The third-order valence-electron chi connectivity index (χ3n) is 3.84.